The van der Waals surface area contributed by atoms with Crippen LogP contribution in [-0.2, 0) is 9.53 Å². The molecule has 0 aromatic heterocycles. The zero-order chi connectivity index (χ0) is 17.5. The van der Waals surface area contributed by atoms with Crippen molar-refractivity contribution < 1.29 is 19.0 Å². The number of ether oxygens (including phenoxy) is 3. The summed E-state index contributed by atoms with van der Waals surface area (Å²) in [6.07, 6.45) is 1.13. The number of hydrogen-bond donors (Lipinski definition) is 0. The van der Waals surface area contributed by atoms with Gasteiger partial charge in [0.05, 0.1) is 0 Å². The second-order valence-electron chi connectivity index (χ2n) is 5.27. The number of carbonyl (C=O) groups is 1. The Morgan fingerprint density at radius 3 is 2.56 bits per heavy atom. The fraction of sp³-hybridized carbons (Fsp3) is 0.0952. The van der Waals surface area contributed by atoms with Crippen molar-refractivity contribution >= 4 is 16.7 Å². The number of rotatable bonds is 7. The average Bonchev–Trinajstić information content (AvgIpc) is 2.65. The molecule has 0 heterocycles. The molecule has 0 atom stereocenters. The van der Waals surface area contributed by atoms with Gasteiger partial charge in [0.15, 0.2) is 0 Å². The van der Waals surface area contributed by atoms with E-state index in [4.69, 9.17) is 14.2 Å². The largest absolute Gasteiger partial charge is 0.489 e. The molecule has 126 valence electrons. The maximum atomic E-state index is 11.0. The van der Waals surface area contributed by atoms with Gasteiger partial charge in [-0.25, -0.2) is 4.79 Å². The second-order valence-corrected chi connectivity index (χ2v) is 5.27. The highest BCUT2D eigenvalue weighted by molar-refractivity contribution is 5.89. The fourth-order valence-electron chi connectivity index (χ4n) is 2.40. The molecule has 0 spiro atoms. The first-order valence-electron chi connectivity index (χ1n) is 7.94. The monoisotopic (exact) mass is 334 g/mol. The van der Waals surface area contributed by atoms with Crippen molar-refractivity contribution in [1.82, 2.24) is 0 Å². The van der Waals surface area contributed by atoms with Crippen LogP contribution >= 0.6 is 0 Å². The van der Waals surface area contributed by atoms with Crippen LogP contribution in [0, 0.1) is 0 Å². The Hall–Kier alpha value is -3.27. The third kappa shape index (κ3) is 4.38. The Labute approximate surface area is 146 Å². The molecule has 0 aliphatic rings. The van der Waals surface area contributed by atoms with E-state index in [1.807, 2.05) is 66.7 Å². The molecular weight excluding hydrogens is 316 g/mol. The molecule has 0 N–H and O–H groups in total. The Morgan fingerprint density at radius 2 is 1.76 bits per heavy atom. The summed E-state index contributed by atoms with van der Waals surface area (Å²) in [5.41, 5.74) is 0. The summed E-state index contributed by atoms with van der Waals surface area (Å²) in [5, 5.41) is 1.98. The minimum Gasteiger partial charge on any atom is -0.489 e. The van der Waals surface area contributed by atoms with Crippen molar-refractivity contribution in [3.05, 3.63) is 79.4 Å². The summed E-state index contributed by atoms with van der Waals surface area (Å²) in [6.45, 7) is 3.81. The molecule has 0 saturated carbocycles. The van der Waals surface area contributed by atoms with Crippen LogP contribution in [-0.4, -0.2) is 19.2 Å². The van der Waals surface area contributed by atoms with Crippen LogP contribution in [0.5, 0.6) is 17.2 Å². The standard InChI is InChI=1S/C21H18O4/c1-2-21(22)24-14-13-23-20-10-6-7-16-15-18(11-12-19(16)20)25-17-8-4-3-5-9-17/h2-12,15H,1,13-14H2. The summed E-state index contributed by atoms with van der Waals surface area (Å²) < 4.78 is 16.5. The van der Waals surface area contributed by atoms with Gasteiger partial charge in [-0.3, -0.25) is 0 Å². The number of esters is 1. The van der Waals surface area contributed by atoms with Crippen molar-refractivity contribution in [3.8, 4) is 17.2 Å². The third-order valence-electron chi connectivity index (χ3n) is 3.54. The first-order chi connectivity index (χ1) is 12.3. The van der Waals surface area contributed by atoms with Crippen LogP contribution in [0.15, 0.2) is 79.4 Å². The van der Waals surface area contributed by atoms with Gasteiger partial charge in [0.1, 0.15) is 30.5 Å². The van der Waals surface area contributed by atoms with Gasteiger partial charge in [0, 0.05) is 11.5 Å². The van der Waals surface area contributed by atoms with E-state index in [9.17, 15) is 4.79 Å². The minimum atomic E-state index is -0.454. The lowest BCUT2D eigenvalue weighted by Crippen LogP contribution is -2.10. The molecule has 0 aliphatic carbocycles. The van der Waals surface area contributed by atoms with E-state index in [0.717, 1.165) is 34.1 Å². The van der Waals surface area contributed by atoms with E-state index in [2.05, 4.69) is 6.58 Å². The topological polar surface area (TPSA) is 44.8 Å². The van der Waals surface area contributed by atoms with E-state index in [1.165, 1.54) is 0 Å². The highest BCUT2D eigenvalue weighted by Gasteiger charge is 2.05. The smallest absolute Gasteiger partial charge is 0.330 e. The van der Waals surface area contributed by atoms with Crippen LogP contribution in [0.4, 0.5) is 0 Å². The molecule has 0 unspecified atom stereocenters. The highest BCUT2D eigenvalue weighted by atomic mass is 16.6. The molecular formula is C21H18O4. The zero-order valence-corrected chi connectivity index (χ0v) is 13.7. The van der Waals surface area contributed by atoms with Crippen molar-refractivity contribution in [2.45, 2.75) is 0 Å². The molecule has 0 bridgehead atoms. The molecule has 0 fully saturated rings. The summed E-state index contributed by atoms with van der Waals surface area (Å²) in [6, 6.07) is 21.3. The quantitative estimate of drug-likeness (QED) is 0.356. The fourth-order valence-corrected chi connectivity index (χ4v) is 2.40. The first-order valence-corrected chi connectivity index (χ1v) is 7.94. The van der Waals surface area contributed by atoms with E-state index in [-0.39, 0.29) is 13.2 Å². The summed E-state index contributed by atoms with van der Waals surface area (Å²) >= 11 is 0. The molecule has 3 rings (SSSR count). The van der Waals surface area contributed by atoms with Crippen molar-refractivity contribution in [1.29, 1.82) is 0 Å². The predicted molar refractivity (Wildman–Crippen MR) is 97.1 cm³/mol. The van der Waals surface area contributed by atoms with Gasteiger partial charge < -0.3 is 14.2 Å². The SMILES string of the molecule is C=CC(=O)OCCOc1cccc2cc(Oc3ccccc3)ccc12. The number of hydrogen-bond acceptors (Lipinski definition) is 4. The van der Waals surface area contributed by atoms with Gasteiger partial charge in [-0.15, -0.1) is 0 Å². The molecule has 0 saturated heterocycles. The maximum Gasteiger partial charge on any atom is 0.330 e. The zero-order valence-electron chi connectivity index (χ0n) is 13.7. The Bertz CT molecular complexity index is 871. The van der Waals surface area contributed by atoms with Crippen LogP contribution in [0.3, 0.4) is 0 Å². The number of benzene rings is 3. The van der Waals surface area contributed by atoms with E-state index in [1.54, 1.807) is 0 Å². The third-order valence-corrected chi connectivity index (χ3v) is 3.54. The first kappa shape index (κ1) is 16.6. The van der Waals surface area contributed by atoms with Crippen LogP contribution in [0.25, 0.3) is 10.8 Å². The average molecular weight is 334 g/mol. The van der Waals surface area contributed by atoms with Gasteiger partial charge in [-0.05, 0) is 41.8 Å². The summed E-state index contributed by atoms with van der Waals surface area (Å²) in [4.78, 5) is 11.0. The van der Waals surface area contributed by atoms with Crippen LogP contribution < -0.4 is 9.47 Å². The van der Waals surface area contributed by atoms with Crippen molar-refractivity contribution in [2.24, 2.45) is 0 Å². The number of fused-ring (bicyclic) bond motifs is 1. The predicted octanol–water partition coefficient (Wildman–Crippen LogP) is 4.74. The van der Waals surface area contributed by atoms with Crippen LogP contribution in [0.1, 0.15) is 0 Å². The molecule has 4 heteroatoms. The lowest BCUT2D eigenvalue weighted by molar-refractivity contribution is -0.138. The normalized spacial score (nSPS) is 10.2. The van der Waals surface area contributed by atoms with E-state index >= 15 is 0 Å². The van der Waals surface area contributed by atoms with Gasteiger partial charge in [-0.1, -0.05) is 36.9 Å². The molecule has 25 heavy (non-hydrogen) atoms. The highest BCUT2D eigenvalue weighted by Crippen LogP contribution is 2.30. The van der Waals surface area contributed by atoms with Crippen LogP contribution in [0.2, 0.25) is 0 Å². The van der Waals surface area contributed by atoms with Gasteiger partial charge in [0.2, 0.25) is 0 Å². The van der Waals surface area contributed by atoms with Crippen molar-refractivity contribution in [2.75, 3.05) is 13.2 Å². The molecule has 0 aliphatic heterocycles. The molecule has 3 aromatic rings. The van der Waals surface area contributed by atoms with Gasteiger partial charge >= 0.3 is 5.97 Å². The number of carbonyl (C=O) groups excluding carboxylic acids is 1. The van der Waals surface area contributed by atoms with Crippen molar-refractivity contribution in [3.63, 3.8) is 0 Å². The lowest BCUT2D eigenvalue weighted by atomic mass is 10.1. The minimum absolute atomic E-state index is 0.177. The molecule has 3 aromatic carbocycles. The van der Waals surface area contributed by atoms with E-state index < -0.39 is 5.97 Å². The van der Waals surface area contributed by atoms with E-state index in [0.29, 0.717) is 0 Å². The summed E-state index contributed by atoms with van der Waals surface area (Å²) in [5.74, 6) is 1.83. The Balaban J connectivity index is 1.71. The molecule has 0 radical (unpaired) electrons. The summed E-state index contributed by atoms with van der Waals surface area (Å²) in [7, 11) is 0. The Kier molecular flexibility index (Phi) is 5.32. The molecule has 0 amide bonds. The molecule has 4 nitrogen and oxygen atoms in total. The number of para-hydroxylation sites is 1. The Morgan fingerprint density at radius 1 is 0.920 bits per heavy atom. The lowest BCUT2D eigenvalue weighted by Gasteiger charge is -2.11. The second kappa shape index (κ2) is 8.02. The van der Waals surface area contributed by atoms with Gasteiger partial charge in [0.25, 0.3) is 0 Å². The van der Waals surface area contributed by atoms with Gasteiger partial charge in [-0.2, -0.15) is 0 Å². The maximum absolute atomic E-state index is 11.0.